The Morgan fingerprint density at radius 3 is 2.35 bits per heavy atom. The number of carbonyl (C=O) groups is 2. The molecule has 0 aliphatic rings. The highest BCUT2D eigenvalue weighted by Crippen LogP contribution is 2.27. The van der Waals surface area contributed by atoms with Crippen molar-refractivity contribution < 1.29 is 19.1 Å². The quantitative estimate of drug-likeness (QED) is 0.734. The van der Waals surface area contributed by atoms with Gasteiger partial charge in [-0.05, 0) is 42.3 Å². The maximum atomic E-state index is 11.9. The van der Waals surface area contributed by atoms with Gasteiger partial charge >= 0.3 is 11.8 Å². The van der Waals surface area contributed by atoms with E-state index in [2.05, 4.69) is 10.6 Å². The van der Waals surface area contributed by atoms with Crippen LogP contribution in [0.25, 0.3) is 0 Å². The third-order valence-corrected chi connectivity index (χ3v) is 4.08. The molecule has 0 aliphatic heterocycles. The summed E-state index contributed by atoms with van der Waals surface area (Å²) in [5, 5.41) is 5.69. The molecule has 0 unspecified atom stereocenters. The number of amides is 2. The van der Waals surface area contributed by atoms with Crippen LogP contribution in [0, 0.1) is 0 Å². The van der Waals surface area contributed by atoms with Crippen LogP contribution in [-0.4, -0.2) is 32.6 Å². The molecule has 0 radical (unpaired) electrons. The number of nitrogens with one attached hydrogen (secondary N) is 2. The number of ether oxygens (including phenoxy) is 2. The van der Waals surface area contributed by atoms with Crippen LogP contribution < -0.4 is 20.1 Å². The first-order valence-electron chi connectivity index (χ1n) is 7.69. The largest absolute Gasteiger partial charge is 0.493 e. The summed E-state index contributed by atoms with van der Waals surface area (Å²) in [5.41, 5.74) is 1.25. The minimum absolute atomic E-state index is 0.254. The monoisotopic (exact) mass is 396 g/mol. The fourth-order valence-electron chi connectivity index (χ4n) is 2.21. The zero-order valence-corrected chi connectivity index (χ0v) is 15.8. The Kier molecular flexibility index (Phi) is 7.12. The molecule has 0 bridgehead atoms. The van der Waals surface area contributed by atoms with Gasteiger partial charge in [0.15, 0.2) is 11.5 Å². The van der Waals surface area contributed by atoms with Crippen molar-refractivity contribution in [3.8, 4) is 11.5 Å². The maximum Gasteiger partial charge on any atom is 0.313 e. The van der Waals surface area contributed by atoms with Gasteiger partial charge in [0.2, 0.25) is 0 Å². The van der Waals surface area contributed by atoms with Gasteiger partial charge in [-0.3, -0.25) is 9.59 Å². The van der Waals surface area contributed by atoms with E-state index in [9.17, 15) is 9.59 Å². The molecule has 26 heavy (non-hydrogen) atoms. The third kappa shape index (κ3) is 5.28. The molecule has 2 aromatic carbocycles. The third-order valence-electron chi connectivity index (χ3n) is 3.53. The van der Waals surface area contributed by atoms with E-state index in [0.29, 0.717) is 28.6 Å². The number of halogens is 2. The van der Waals surface area contributed by atoms with Crippen molar-refractivity contribution >= 4 is 40.7 Å². The van der Waals surface area contributed by atoms with Gasteiger partial charge in [0.25, 0.3) is 0 Å². The molecule has 6 nitrogen and oxygen atoms in total. The molecule has 2 N–H and O–H groups in total. The van der Waals surface area contributed by atoms with E-state index in [1.54, 1.807) is 26.4 Å². The fourth-order valence-corrected chi connectivity index (χ4v) is 2.66. The molecule has 0 spiro atoms. The second-order valence-corrected chi connectivity index (χ2v) is 6.12. The second-order valence-electron chi connectivity index (χ2n) is 5.27. The van der Waals surface area contributed by atoms with Crippen LogP contribution in [0.2, 0.25) is 10.0 Å². The summed E-state index contributed by atoms with van der Waals surface area (Å²) in [6.45, 7) is 0.288. The van der Waals surface area contributed by atoms with Crippen LogP contribution >= 0.6 is 23.2 Å². The van der Waals surface area contributed by atoms with Crippen molar-refractivity contribution in [3.63, 3.8) is 0 Å². The smallest absolute Gasteiger partial charge is 0.313 e. The Hall–Kier alpha value is -2.44. The van der Waals surface area contributed by atoms with Crippen LogP contribution in [0.15, 0.2) is 36.4 Å². The summed E-state index contributed by atoms with van der Waals surface area (Å²) in [6, 6.07) is 10.0. The van der Waals surface area contributed by atoms with Crippen molar-refractivity contribution in [3.05, 3.63) is 52.0 Å². The maximum absolute atomic E-state index is 11.9. The van der Waals surface area contributed by atoms with Crippen molar-refractivity contribution in [2.45, 2.75) is 6.42 Å². The highest BCUT2D eigenvalue weighted by Gasteiger charge is 2.15. The Balaban J connectivity index is 1.87. The van der Waals surface area contributed by atoms with E-state index in [1.165, 1.54) is 12.1 Å². The number of hydrogen-bond acceptors (Lipinski definition) is 4. The normalized spacial score (nSPS) is 10.2. The van der Waals surface area contributed by atoms with Gasteiger partial charge in [-0.15, -0.1) is 0 Å². The van der Waals surface area contributed by atoms with Gasteiger partial charge in [0.1, 0.15) is 0 Å². The highest BCUT2D eigenvalue weighted by molar-refractivity contribution is 6.42. The second kappa shape index (κ2) is 9.31. The van der Waals surface area contributed by atoms with Gasteiger partial charge in [-0.25, -0.2) is 0 Å². The number of hydrogen-bond donors (Lipinski definition) is 2. The number of anilines is 1. The lowest BCUT2D eigenvalue weighted by atomic mass is 10.1. The van der Waals surface area contributed by atoms with Crippen LogP contribution in [0.4, 0.5) is 5.69 Å². The van der Waals surface area contributed by atoms with Gasteiger partial charge in [-0.2, -0.15) is 0 Å². The first-order chi connectivity index (χ1) is 12.4. The first kappa shape index (κ1) is 19.9. The summed E-state index contributed by atoms with van der Waals surface area (Å²) in [4.78, 5) is 23.8. The minimum Gasteiger partial charge on any atom is -0.493 e. The molecule has 0 saturated carbocycles. The van der Waals surface area contributed by atoms with E-state index in [-0.39, 0.29) is 11.6 Å². The number of rotatable bonds is 6. The van der Waals surface area contributed by atoms with Crippen molar-refractivity contribution in [2.24, 2.45) is 0 Å². The zero-order chi connectivity index (χ0) is 19.1. The van der Waals surface area contributed by atoms with Crippen molar-refractivity contribution in [1.82, 2.24) is 5.32 Å². The molecule has 2 amide bonds. The van der Waals surface area contributed by atoms with Gasteiger partial charge in [0.05, 0.1) is 24.9 Å². The summed E-state index contributed by atoms with van der Waals surface area (Å²) >= 11 is 11.8. The Morgan fingerprint density at radius 1 is 0.962 bits per heavy atom. The molecule has 2 rings (SSSR count). The first-order valence-corrected chi connectivity index (χ1v) is 8.45. The molecule has 2 aromatic rings. The molecular formula is C18H18Cl2N2O4. The Labute approximate surface area is 161 Å². The van der Waals surface area contributed by atoms with Crippen LogP contribution in [0.1, 0.15) is 5.56 Å². The number of carbonyl (C=O) groups excluding carboxylic acids is 2. The Morgan fingerprint density at radius 2 is 1.69 bits per heavy atom. The van der Waals surface area contributed by atoms with Crippen molar-refractivity contribution in [2.75, 3.05) is 26.1 Å². The topological polar surface area (TPSA) is 76.7 Å². The highest BCUT2D eigenvalue weighted by atomic mass is 35.5. The number of benzene rings is 2. The molecule has 8 heteroatoms. The van der Waals surface area contributed by atoms with Crippen LogP contribution in [0.5, 0.6) is 11.5 Å². The molecule has 0 heterocycles. The fraction of sp³-hybridized carbons (Fsp3) is 0.222. The lowest BCUT2D eigenvalue weighted by molar-refractivity contribution is -0.136. The Bertz CT molecular complexity index is 812. The molecule has 0 aromatic heterocycles. The summed E-state index contributed by atoms with van der Waals surface area (Å²) in [7, 11) is 3.11. The molecule has 0 atom stereocenters. The lowest BCUT2D eigenvalue weighted by Crippen LogP contribution is -2.36. The number of methoxy groups -OCH3 is 2. The predicted molar refractivity (Wildman–Crippen MR) is 101 cm³/mol. The minimum atomic E-state index is -0.804. The summed E-state index contributed by atoms with van der Waals surface area (Å²) in [5.74, 6) is -0.330. The van der Waals surface area contributed by atoms with Gasteiger partial charge < -0.3 is 20.1 Å². The zero-order valence-electron chi connectivity index (χ0n) is 14.3. The predicted octanol–water partition coefficient (Wildman–Crippen LogP) is 3.31. The van der Waals surface area contributed by atoms with E-state index in [1.807, 2.05) is 12.1 Å². The van der Waals surface area contributed by atoms with Crippen LogP contribution in [0.3, 0.4) is 0 Å². The summed E-state index contributed by atoms with van der Waals surface area (Å²) in [6.07, 6.45) is 0.529. The molecular weight excluding hydrogens is 379 g/mol. The van der Waals surface area contributed by atoms with E-state index >= 15 is 0 Å². The van der Waals surface area contributed by atoms with Gasteiger partial charge in [0, 0.05) is 11.6 Å². The van der Waals surface area contributed by atoms with E-state index in [0.717, 1.165) is 5.56 Å². The summed E-state index contributed by atoms with van der Waals surface area (Å²) < 4.78 is 10.4. The standard InChI is InChI=1S/C18H18Cl2N2O4/c1-25-15-6-3-11(9-16(15)26-2)7-8-21-17(23)18(24)22-14-5-4-12(19)10-13(14)20/h3-6,9-10H,7-8H2,1-2H3,(H,21,23)(H,22,24). The average Bonchev–Trinajstić information content (AvgIpc) is 2.63. The SMILES string of the molecule is COc1ccc(CCNC(=O)C(=O)Nc2ccc(Cl)cc2Cl)cc1OC. The van der Waals surface area contributed by atoms with Crippen molar-refractivity contribution in [1.29, 1.82) is 0 Å². The van der Waals surface area contributed by atoms with E-state index in [4.69, 9.17) is 32.7 Å². The molecule has 0 aliphatic carbocycles. The molecule has 0 fully saturated rings. The lowest BCUT2D eigenvalue weighted by Gasteiger charge is -2.10. The molecule has 138 valence electrons. The molecule has 0 saturated heterocycles. The van der Waals surface area contributed by atoms with E-state index < -0.39 is 11.8 Å². The van der Waals surface area contributed by atoms with Gasteiger partial charge in [-0.1, -0.05) is 29.3 Å². The average molecular weight is 397 g/mol. The van der Waals surface area contributed by atoms with Crippen LogP contribution in [-0.2, 0) is 16.0 Å².